The molecule has 1 aromatic heterocycles. The Morgan fingerprint density at radius 1 is 1.73 bits per heavy atom. The van der Waals surface area contributed by atoms with Gasteiger partial charge in [-0.1, -0.05) is 0 Å². The summed E-state index contributed by atoms with van der Waals surface area (Å²) in [4.78, 5) is 7.50. The van der Waals surface area contributed by atoms with Crippen LogP contribution in [0.1, 0.15) is 11.8 Å². The lowest BCUT2D eigenvalue weighted by molar-refractivity contribution is 0.482. The first-order chi connectivity index (χ1) is 7.17. The number of nitrogens with zero attached hydrogens (tertiary/aromatic N) is 2. The summed E-state index contributed by atoms with van der Waals surface area (Å²) in [6.07, 6.45) is 0. The highest BCUT2D eigenvalue weighted by Gasteiger charge is 2.06. The highest BCUT2D eigenvalue weighted by Crippen LogP contribution is 2.20. The van der Waals surface area contributed by atoms with Crippen molar-refractivity contribution < 1.29 is 0 Å². The number of aliphatic imine (C=N–C) groups is 1. The second-order valence-corrected chi connectivity index (χ2v) is 4.94. The van der Waals surface area contributed by atoms with E-state index in [-0.39, 0.29) is 0 Å². The standard InChI is InChI=1S/C9H15BrN4S/c1-3-12-9(13-11)14(2)5-8-4-7(10)6-15-8/h4,6H,3,5,11H2,1-2H3,(H,12,13). The highest BCUT2D eigenvalue weighted by atomic mass is 79.9. The van der Waals surface area contributed by atoms with Gasteiger partial charge < -0.3 is 4.90 Å². The van der Waals surface area contributed by atoms with Crippen LogP contribution in [-0.2, 0) is 6.54 Å². The fraction of sp³-hybridized carbons (Fsp3) is 0.444. The van der Waals surface area contributed by atoms with Crippen molar-refractivity contribution >= 4 is 33.2 Å². The molecule has 0 amide bonds. The molecule has 0 aliphatic rings. The molecule has 1 aromatic rings. The number of thiophene rings is 1. The van der Waals surface area contributed by atoms with E-state index in [0.717, 1.165) is 17.6 Å². The van der Waals surface area contributed by atoms with Crippen molar-refractivity contribution in [2.75, 3.05) is 13.6 Å². The van der Waals surface area contributed by atoms with Crippen molar-refractivity contribution in [1.82, 2.24) is 10.3 Å². The molecule has 1 rings (SSSR count). The molecule has 3 N–H and O–H groups in total. The summed E-state index contributed by atoms with van der Waals surface area (Å²) >= 11 is 5.14. The Morgan fingerprint density at radius 2 is 2.47 bits per heavy atom. The van der Waals surface area contributed by atoms with Crippen LogP contribution in [0, 0.1) is 0 Å². The molecule has 0 aliphatic carbocycles. The molecule has 0 aromatic carbocycles. The van der Waals surface area contributed by atoms with Gasteiger partial charge in [-0.3, -0.25) is 10.4 Å². The molecule has 1 heterocycles. The van der Waals surface area contributed by atoms with Crippen molar-refractivity contribution in [2.45, 2.75) is 13.5 Å². The third kappa shape index (κ3) is 3.81. The van der Waals surface area contributed by atoms with E-state index < -0.39 is 0 Å². The fourth-order valence-electron chi connectivity index (χ4n) is 1.17. The summed E-state index contributed by atoms with van der Waals surface area (Å²) in [5.41, 5.74) is 2.60. The summed E-state index contributed by atoms with van der Waals surface area (Å²) in [7, 11) is 1.96. The number of guanidine groups is 1. The molecule has 0 atom stereocenters. The normalized spacial score (nSPS) is 11.6. The van der Waals surface area contributed by atoms with Gasteiger partial charge in [0.25, 0.3) is 0 Å². The first-order valence-corrected chi connectivity index (χ1v) is 6.29. The predicted octanol–water partition coefficient (Wildman–Crippen LogP) is 1.78. The molecular formula is C9H15BrN4S. The molecule has 0 radical (unpaired) electrons. The molecule has 0 saturated carbocycles. The van der Waals surface area contributed by atoms with Crippen LogP contribution in [-0.4, -0.2) is 24.5 Å². The second-order valence-electron chi connectivity index (χ2n) is 3.03. The molecular weight excluding hydrogens is 276 g/mol. The molecule has 84 valence electrons. The van der Waals surface area contributed by atoms with Crippen molar-refractivity contribution in [3.63, 3.8) is 0 Å². The van der Waals surface area contributed by atoms with E-state index in [1.165, 1.54) is 4.88 Å². The number of hydrogen-bond donors (Lipinski definition) is 2. The lowest BCUT2D eigenvalue weighted by Gasteiger charge is -2.19. The second kappa shape index (κ2) is 6.09. The fourth-order valence-corrected chi connectivity index (χ4v) is 2.68. The number of nitrogens with two attached hydrogens (primary N) is 1. The Balaban J connectivity index is 2.61. The Kier molecular flexibility index (Phi) is 5.07. The van der Waals surface area contributed by atoms with Gasteiger partial charge in [0.15, 0.2) is 0 Å². The zero-order valence-electron chi connectivity index (χ0n) is 8.83. The Labute approximate surface area is 102 Å². The molecule has 0 aliphatic heterocycles. The molecule has 0 bridgehead atoms. The van der Waals surface area contributed by atoms with E-state index in [1.807, 2.05) is 18.9 Å². The Bertz CT molecular complexity index is 337. The maximum atomic E-state index is 5.39. The number of hydrogen-bond acceptors (Lipinski definition) is 3. The number of hydrazine groups is 1. The van der Waals surface area contributed by atoms with Crippen LogP contribution in [0.5, 0.6) is 0 Å². The minimum Gasteiger partial charge on any atom is -0.340 e. The number of rotatable bonds is 3. The van der Waals surface area contributed by atoms with E-state index in [4.69, 9.17) is 5.84 Å². The van der Waals surface area contributed by atoms with E-state index >= 15 is 0 Å². The van der Waals surface area contributed by atoms with Crippen LogP contribution in [0.25, 0.3) is 0 Å². The predicted molar refractivity (Wildman–Crippen MR) is 68.8 cm³/mol. The SMILES string of the molecule is CCN=C(NN)N(C)Cc1cc(Br)cs1. The van der Waals surface area contributed by atoms with Gasteiger partial charge in [0.2, 0.25) is 5.96 Å². The Hall–Kier alpha value is -0.590. The Morgan fingerprint density at radius 3 is 2.93 bits per heavy atom. The third-order valence-electron chi connectivity index (χ3n) is 1.81. The summed E-state index contributed by atoms with van der Waals surface area (Å²) in [5.74, 6) is 6.10. The van der Waals surface area contributed by atoms with Crippen molar-refractivity contribution in [3.05, 3.63) is 20.8 Å². The number of halogens is 1. The lowest BCUT2D eigenvalue weighted by Crippen LogP contribution is -2.42. The van der Waals surface area contributed by atoms with Crippen LogP contribution in [0.2, 0.25) is 0 Å². The van der Waals surface area contributed by atoms with Crippen molar-refractivity contribution in [3.8, 4) is 0 Å². The van der Waals surface area contributed by atoms with Gasteiger partial charge in [0, 0.05) is 28.3 Å². The van der Waals surface area contributed by atoms with E-state index in [9.17, 15) is 0 Å². The minimum absolute atomic E-state index is 0.710. The average Bonchev–Trinajstić information content (AvgIpc) is 2.60. The molecule has 0 fully saturated rings. The van der Waals surface area contributed by atoms with Crippen molar-refractivity contribution in [2.24, 2.45) is 10.8 Å². The molecule has 6 heteroatoms. The van der Waals surface area contributed by atoms with Gasteiger partial charge in [-0.25, -0.2) is 5.84 Å². The smallest absolute Gasteiger partial charge is 0.208 e. The lowest BCUT2D eigenvalue weighted by atomic mass is 10.4. The summed E-state index contributed by atoms with van der Waals surface area (Å²) in [5, 5.41) is 2.07. The van der Waals surface area contributed by atoms with Crippen molar-refractivity contribution in [1.29, 1.82) is 0 Å². The van der Waals surface area contributed by atoms with Gasteiger partial charge in [-0.2, -0.15) is 0 Å². The average molecular weight is 291 g/mol. The highest BCUT2D eigenvalue weighted by molar-refractivity contribution is 9.10. The van der Waals surface area contributed by atoms with E-state index in [0.29, 0.717) is 5.96 Å². The summed E-state index contributed by atoms with van der Waals surface area (Å²) in [6.45, 7) is 3.50. The van der Waals surface area contributed by atoms with Gasteiger partial charge >= 0.3 is 0 Å². The zero-order valence-corrected chi connectivity index (χ0v) is 11.2. The van der Waals surface area contributed by atoms with Crippen LogP contribution >= 0.6 is 27.3 Å². The number of nitrogens with one attached hydrogen (secondary N) is 1. The quantitative estimate of drug-likeness (QED) is 0.386. The largest absolute Gasteiger partial charge is 0.340 e. The molecule has 0 saturated heterocycles. The van der Waals surface area contributed by atoms with E-state index in [1.54, 1.807) is 11.3 Å². The summed E-state index contributed by atoms with van der Waals surface area (Å²) < 4.78 is 1.12. The zero-order chi connectivity index (χ0) is 11.3. The first kappa shape index (κ1) is 12.5. The third-order valence-corrected chi connectivity index (χ3v) is 3.50. The monoisotopic (exact) mass is 290 g/mol. The van der Waals surface area contributed by atoms with Gasteiger partial charge in [0.05, 0.1) is 6.54 Å². The van der Waals surface area contributed by atoms with Gasteiger partial charge in [-0.15, -0.1) is 11.3 Å². The minimum atomic E-state index is 0.710. The molecule has 0 spiro atoms. The molecule has 4 nitrogen and oxygen atoms in total. The van der Waals surface area contributed by atoms with E-state index in [2.05, 4.69) is 37.8 Å². The van der Waals surface area contributed by atoms with Crippen LogP contribution in [0.15, 0.2) is 20.9 Å². The topological polar surface area (TPSA) is 53.6 Å². The van der Waals surface area contributed by atoms with Crippen LogP contribution < -0.4 is 11.3 Å². The van der Waals surface area contributed by atoms with Gasteiger partial charge in [-0.05, 0) is 28.9 Å². The maximum Gasteiger partial charge on any atom is 0.208 e. The molecule has 0 unspecified atom stereocenters. The van der Waals surface area contributed by atoms with Crippen LogP contribution in [0.3, 0.4) is 0 Å². The van der Waals surface area contributed by atoms with Gasteiger partial charge in [0.1, 0.15) is 0 Å². The molecule has 15 heavy (non-hydrogen) atoms. The summed E-state index contributed by atoms with van der Waals surface area (Å²) in [6, 6.07) is 2.10. The maximum absolute atomic E-state index is 5.39. The first-order valence-electron chi connectivity index (χ1n) is 4.62. The van der Waals surface area contributed by atoms with Crippen LogP contribution in [0.4, 0.5) is 0 Å².